The summed E-state index contributed by atoms with van der Waals surface area (Å²) in [7, 11) is 1.55. The number of ether oxygens (including phenoxy) is 2. The van der Waals surface area contributed by atoms with Gasteiger partial charge in [-0.05, 0) is 31.2 Å². The van der Waals surface area contributed by atoms with Crippen LogP contribution in [0.1, 0.15) is 6.92 Å². The van der Waals surface area contributed by atoms with E-state index in [1.165, 1.54) is 6.33 Å². The Hall–Kier alpha value is -2.30. The van der Waals surface area contributed by atoms with Crippen LogP contribution in [0.25, 0.3) is 11.3 Å². The summed E-state index contributed by atoms with van der Waals surface area (Å²) in [5, 5.41) is 0. The van der Waals surface area contributed by atoms with Gasteiger partial charge in [0.15, 0.2) is 11.6 Å². The molecule has 0 atom stereocenters. The fourth-order valence-electron chi connectivity index (χ4n) is 1.67. The second-order valence-electron chi connectivity index (χ2n) is 3.60. The predicted octanol–water partition coefficient (Wildman–Crippen LogP) is 2.13. The third-order valence-corrected chi connectivity index (χ3v) is 2.47. The lowest BCUT2D eigenvalue weighted by molar-refractivity contribution is 0.340. The van der Waals surface area contributed by atoms with Crippen molar-refractivity contribution in [2.45, 2.75) is 6.92 Å². The molecule has 5 heteroatoms. The predicted molar refractivity (Wildman–Crippen MR) is 69.6 cm³/mol. The molecule has 0 radical (unpaired) electrons. The Balaban J connectivity index is 2.39. The number of nitrogens with two attached hydrogens (primary N) is 1. The minimum atomic E-state index is 0.330. The van der Waals surface area contributed by atoms with Gasteiger partial charge in [0, 0.05) is 5.56 Å². The Morgan fingerprint density at radius 2 is 1.89 bits per heavy atom. The Labute approximate surface area is 106 Å². The van der Waals surface area contributed by atoms with Crippen LogP contribution < -0.4 is 15.2 Å². The molecule has 0 saturated carbocycles. The minimum absolute atomic E-state index is 0.330. The molecule has 18 heavy (non-hydrogen) atoms. The topological polar surface area (TPSA) is 70.3 Å². The van der Waals surface area contributed by atoms with E-state index in [1.807, 2.05) is 31.2 Å². The second-order valence-corrected chi connectivity index (χ2v) is 3.60. The van der Waals surface area contributed by atoms with Crippen LogP contribution in [0.3, 0.4) is 0 Å². The molecule has 0 aliphatic rings. The summed E-state index contributed by atoms with van der Waals surface area (Å²) >= 11 is 0. The van der Waals surface area contributed by atoms with Crippen molar-refractivity contribution >= 4 is 5.82 Å². The maximum Gasteiger partial charge on any atom is 0.187 e. The van der Waals surface area contributed by atoms with Gasteiger partial charge in [0.2, 0.25) is 0 Å². The van der Waals surface area contributed by atoms with Crippen molar-refractivity contribution in [3.05, 3.63) is 30.6 Å². The van der Waals surface area contributed by atoms with Gasteiger partial charge in [0.05, 0.1) is 13.7 Å². The van der Waals surface area contributed by atoms with E-state index in [-0.39, 0.29) is 0 Å². The van der Waals surface area contributed by atoms with Gasteiger partial charge in [-0.3, -0.25) is 0 Å². The van der Waals surface area contributed by atoms with Crippen LogP contribution in [0.2, 0.25) is 0 Å². The van der Waals surface area contributed by atoms with E-state index in [1.54, 1.807) is 7.11 Å². The first-order valence-electron chi connectivity index (χ1n) is 5.64. The standard InChI is InChI=1S/C13H15N3O2/c1-3-18-10-6-4-9(5-7-10)11-12(17-2)13(14)16-8-15-11/h4-8H,3H2,1-2H3,(H2,14,15,16). The molecule has 0 bridgehead atoms. The molecule has 5 nitrogen and oxygen atoms in total. The number of hydrogen-bond acceptors (Lipinski definition) is 5. The quantitative estimate of drug-likeness (QED) is 0.893. The molecule has 2 N–H and O–H groups in total. The van der Waals surface area contributed by atoms with Gasteiger partial charge < -0.3 is 15.2 Å². The number of hydrogen-bond donors (Lipinski definition) is 1. The lowest BCUT2D eigenvalue weighted by Gasteiger charge is -2.09. The lowest BCUT2D eigenvalue weighted by Crippen LogP contribution is -1.99. The molecule has 0 aliphatic heterocycles. The van der Waals surface area contributed by atoms with E-state index >= 15 is 0 Å². The number of anilines is 1. The van der Waals surface area contributed by atoms with Gasteiger partial charge >= 0.3 is 0 Å². The van der Waals surface area contributed by atoms with Crippen molar-refractivity contribution in [1.29, 1.82) is 0 Å². The van der Waals surface area contributed by atoms with E-state index < -0.39 is 0 Å². The molecule has 0 unspecified atom stereocenters. The highest BCUT2D eigenvalue weighted by Gasteiger charge is 2.11. The number of benzene rings is 1. The van der Waals surface area contributed by atoms with Crippen LogP contribution in [0, 0.1) is 0 Å². The van der Waals surface area contributed by atoms with Crippen molar-refractivity contribution in [3.63, 3.8) is 0 Å². The molecule has 0 fully saturated rings. The fraction of sp³-hybridized carbons (Fsp3) is 0.231. The molecule has 1 aromatic carbocycles. The molecule has 2 aromatic rings. The first-order chi connectivity index (χ1) is 8.76. The lowest BCUT2D eigenvalue weighted by atomic mass is 10.1. The van der Waals surface area contributed by atoms with E-state index in [0.29, 0.717) is 23.9 Å². The van der Waals surface area contributed by atoms with Crippen molar-refractivity contribution in [1.82, 2.24) is 9.97 Å². The molecule has 94 valence electrons. The van der Waals surface area contributed by atoms with Crippen LogP contribution in [-0.4, -0.2) is 23.7 Å². The zero-order valence-electron chi connectivity index (χ0n) is 10.4. The molecule has 1 aromatic heterocycles. The average molecular weight is 245 g/mol. The normalized spacial score (nSPS) is 10.1. The Kier molecular flexibility index (Phi) is 3.62. The fourth-order valence-corrected chi connectivity index (χ4v) is 1.67. The monoisotopic (exact) mass is 245 g/mol. The zero-order chi connectivity index (χ0) is 13.0. The van der Waals surface area contributed by atoms with Gasteiger partial charge in [-0.1, -0.05) is 0 Å². The SMILES string of the molecule is CCOc1ccc(-c2ncnc(N)c2OC)cc1. The Bertz CT molecular complexity index is 526. The minimum Gasteiger partial charge on any atom is -0.494 e. The maximum absolute atomic E-state index is 5.75. The highest BCUT2D eigenvalue weighted by Crippen LogP contribution is 2.31. The van der Waals surface area contributed by atoms with Crippen LogP contribution in [-0.2, 0) is 0 Å². The van der Waals surface area contributed by atoms with Gasteiger partial charge in [-0.15, -0.1) is 0 Å². The largest absolute Gasteiger partial charge is 0.494 e. The highest BCUT2D eigenvalue weighted by molar-refractivity contribution is 5.71. The van der Waals surface area contributed by atoms with Crippen molar-refractivity contribution in [2.75, 3.05) is 19.5 Å². The number of rotatable bonds is 4. The second kappa shape index (κ2) is 5.35. The van der Waals surface area contributed by atoms with Gasteiger partial charge in [-0.25, -0.2) is 9.97 Å². The van der Waals surface area contributed by atoms with Crippen molar-refractivity contribution in [3.8, 4) is 22.8 Å². The number of aromatic nitrogens is 2. The summed E-state index contributed by atoms with van der Waals surface area (Å²) < 4.78 is 10.6. The smallest absolute Gasteiger partial charge is 0.187 e. The summed E-state index contributed by atoms with van der Waals surface area (Å²) in [5.41, 5.74) is 7.33. The van der Waals surface area contributed by atoms with Gasteiger partial charge in [0.25, 0.3) is 0 Å². The molecular weight excluding hydrogens is 230 g/mol. The number of methoxy groups -OCH3 is 1. The first kappa shape index (κ1) is 12.2. The van der Waals surface area contributed by atoms with E-state index in [4.69, 9.17) is 15.2 Å². The molecule has 2 rings (SSSR count). The van der Waals surface area contributed by atoms with Crippen LogP contribution in [0.5, 0.6) is 11.5 Å². The van der Waals surface area contributed by atoms with Crippen LogP contribution in [0.15, 0.2) is 30.6 Å². The first-order valence-corrected chi connectivity index (χ1v) is 5.64. The van der Waals surface area contributed by atoms with Crippen molar-refractivity contribution < 1.29 is 9.47 Å². The number of nitrogens with zero attached hydrogens (tertiary/aromatic N) is 2. The van der Waals surface area contributed by atoms with E-state index in [2.05, 4.69) is 9.97 Å². The summed E-state index contributed by atoms with van der Waals surface area (Å²) in [6.07, 6.45) is 1.42. The van der Waals surface area contributed by atoms with Gasteiger partial charge in [0.1, 0.15) is 17.8 Å². The molecular formula is C13H15N3O2. The summed E-state index contributed by atoms with van der Waals surface area (Å²) in [5.74, 6) is 1.64. The summed E-state index contributed by atoms with van der Waals surface area (Å²) in [4.78, 5) is 8.10. The number of nitrogen functional groups attached to an aromatic ring is 1. The molecule has 0 spiro atoms. The van der Waals surface area contributed by atoms with E-state index in [0.717, 1.165) is 11.3 Å². The molecule has 0 amide bonds. The molecule has 0 aliphatic carbocycles. The molecule has 0 saturated heterocycles. The summed E-state index contributed by atoms with van der Waals surface area (Å²) in [6, 6.07) is 7.59. The van der Waals surface area contributed by atoms with Crippen LogP contribution in [0.4, 0.5) is 5.82 Å². The Morgan fingerprint density at radius 1 is 1.17 bits per heavy atom. The average Bonchev–Trinajstić information content (AvgIpc) is 2.40. The van der Waals surface area contributed by atoms with Gasteiger partial charge in [-0.2, -0.15) is 0 Å². The van der Waals surface area contributed by atoms with Crippen LogP contribution >= 0.6 is 0 Å². The van der Waals surface area contributed by atoms with E-state index in [9.17, 15) is 0 Å². The molecule has 1 heterocycles. The third kappa shape index (κ3) is 2.34. The zero-order valence-corrected chi connectivity index (χ0v) is 10.4. The Morgan fingerprint density at radius 3 is 2.50 bits per heavy atom. The summed E-state index contributed by atoms with van der Waals surface area (Å²) in [6.45, 7) is 2.59. The third-order valence-electron chi connectivity index (χ3n) is 2.47. The highest BCUT2D eigenvalue weighted by atomic mass is 16.5. The van der Waals surface area contributed by atoms with Crippen molar-refractivity contribution in [2.24, 2.45) is 0 Å². The maximum atomic E-state index is 5.75.